The molecule has 0 saturated heterocycles. The number of carbonyl (C=O) groups is 1. The molecule has 0 bridgehead atoms. The Morgan fingerprint density at radius 1 is 1.55 bits per heavy atom. The molecule has 5 nitrogen and oxygen atoms in total. The molecular formula is C14H14FN3O2. The smallest absolute Gasteiger partial charge is 0.165 e. The van der Waals surface area contributed by atoms with E-state index in [1.807, 2.05) is 0 Å². The van der Waals surface area contributed by atoms with Crippen LogP contribution in [0.25, 0.3) is 11.3 Å². The van der Waals surface area contributed by atoms with Crippen LogP contribution < -0.4 is 10.5 Å². The molecule has 2 rings (SSSR count). The molecule has 0 spiro atoms. The van der Waals surface area contributed by atoms with E-state index in [2.05, 4.69) is 11.7 Å². The Bertz CT molecular complexity index is 665. The second-order valence-corrected chi connectivity index (χ2v) is 4.09. The monoisotopic (exact) mass is 275 g/mol. The molecule has 1 aromatic heterocycles. The van der Waals surface area contributed by atoms with Gasteiger partial charge in [0.05, 0.1) is 19.2 Å². The molecular weight excluding hydrogens is 261 g/mol. The van der Waals surface area contributed by atoms with Gasteiger partial charge in [-0.15, -0.1) is 6.58 Å². The lowest BCUT2D eigenvalue weighted by Gasteiger charge is -2.03. The molecule has 1 heterocycles. The van der Waals surface area contributed by atoms with E-state index in [4.69, 9.17) is 10.5 Å². The number of anilines is 1. The summed E-state index contributed by atoms with van der Waals surface area (Å²) in [5, 5.41) is 4.22. The van der Waals surface area contributed by atoms with Crippen molar-refractivity contribution in [1.29, 1.82) is 0 Å². The Labute approximate surface area is 115 Å². The van der Waals surface area contributed by atoms with E-state index in [1.165, 1.54) is 23.9 Å². The number of aromatic nitrogens is 2. The van der Waals surface area contributed by atoms with Crippen LogP contribution in [-0.2, 0) is 6.54 Å². The molecule has 0 radical (unpaired) electrons. The van der Waals surface area contributed by atoms with Gasteiger partial charge in [-0.1, -0.05) is 6.08 Å². The molecule has 6 heteroatoms. The van der Waals surface area contributed by atoms with Crippen LogP contribution in [0.2, 0.25) is 0 Å². The first-order valence-electron chi connectivity index (χ1n) is 5.88. The molecule has 0 saturated carbocycles. The molecule has 0 aliphatic rings. The van der Waals surface area contributed by atoms with Crippen LogP contribution in [0.1, 0.15) is 10.4 Å². The average Bonchev–Trinajstić information content (AvgIpc) is 2.76. The Hall–Kier alpha value is -2.63. The lowest BCUT2D eigenvalue weighted by molar-refractivity contribution is 0.112. The van der Waals surface area contributed by atoms with Crippen molar-refractivity contribution in [1.82, 2.24) is 9.78 Å². The predicted octanol–water partition coefficient (Wildman–Crippen LogP) is 2.28. The number of methoxy groups -OCH3 is 1. The second-order valence-electron chi connectivity index (χ2n) is 4.09. The fourth-order valence-corrected chi connectivity index (χ4v) is 1.89. The zero-order valence-electron chi connectivity index (χ0n) is 11.0. The number of nitrogen functional groups attached to an aromatic ring is 1. The van der Waals surface area contributed by atoms with Gasteiger partial charge in [0, 0.05) is 5.56 Å². The summed E-state index contributed by atoms with van der Waals surface area (Å²) in [5.41, 5.74) is 6.86. The third kappa shape index (κ3) is 2.27. The van der Waals surface area contributed by atoms with Crippen molar-refractivity contribution in [3.05, 3.63) is 42.2 Å². The Balaban J connectivity index is 2.56. The normalized spacial score (nSPS) is 10.3. The Kier molecular flexibility index (Phi) is 3.84. The van der Waals surface area contributed by atoms with Crippen LogP contribution in [-0.4, -0.2) is 23.2 Å². The summed E-state index contributed by atoms with van der Waals surface area (Å²) in [6.45, 7) is 3.96. The van der Waals surface area contributed by atoms with E-state index in [1.54, 1.807) is 12.1 Å². The number of hydrogen-bond acceptors (Lipinski definition) is 4. The van der Waals surface area contributed by atoms with Gasteiger partial charge in [0.25, 0.3) is 0 Å². The Morgan fingerprint density at radius 2 is 2.30 bits per heavy atom. The van der Waals surface area contributed by atoms with Gasteiger partial charge in [0.15, 0.2) is 17.9 Å². The molecule has 0 unspecified atom stereocenters. The zero-order valence-corrected chi connectivity index (χ0v) is 11.0. The summed E-state index contributed by atoms with van der Waals surface area (Å²) in [6.07, 6.45) is 2.22. The summed E-state index contributed by atoms with van der Waals surface area (Å²) >= 11 is 0. The second kappa shape index (κ2) is 5.56. The lowest BCUT2D eigenvalue weighted by Crippen LogP contribution is -2.03. The minimum Gasteiger partial charge on any atom is -0.494 e. The summed E-state index contributed by atoms with van der Waals surface area (Å²) < 4.78 is 20.0. The molecule has 1 aromatic carbocycles. The number of halogens is 1. The van der Waals surface area contributed by atoms with Crippen molar-refractivity contribution >= 4 is 12.1 Å². The van der Waals surface area contributed by atoms with Crippen LogP contribution in [0, 0.1) is 5.82 Å². The minimum atomic E-state index is -0.529. The molecule has 104 valence electrons. The van der Waals surface area contributed by atoms with E-state index in [-0.39, 0.29) is 17.1 Å². The zero-order chi connectivity index (χ0) is 14.7. The first-order chi connectivity index (χ1) is 9.62. The van der Waals surface area contributed by atoms with Crippen molar-refractivity contribution in [2.24, 2.45) is 0 Å². The maximum Gasteiger partial charge on any atom is 0.165 e. The van der Waals surface area contributed by atoms with Gasteiger partial charge in [-0.05, 0) is 18.2 Å². The number of aldehydes is 1. The van der Waals surface area contributed by atoms with E-state index < -0.39 is 5.82 Å². The molecule has 2 N–H and O–H groups in total. The maximum absolute atomic E-state index is 13.7. The van der Waals surface area contributed by atoms with E-state index >= 15 is 0 Å². The molecule has 0 fully saturated rings. The number of hydrogen-bond donors (Lipinski definition) is 1. The maximum atomic E-state index is 13.7. The molecule has 0 amide bonds. The van der Waals surface area contributed by atoms with Gasteiger partial charge >= 0.3 is 0 Å². The van der Waals surface area contributed by atoms with E-state index in [9.17, 15) is 9.18 Å². The third-order valence-electron chi connectivity index (χ3n) is 2.87. The van der Waals surface area contributed by atoms with Crippen molar-refractivity contribution < 1.29 is 13.9 Å². The average molecular weight is 275 g/mol. The summed E-state index contributed by atoms with van der Waals surface area (Å²) in [6, 6.07) is 4.35. The first kappa shape index (κ1) is 13.8. The molecule has 20 heavy (non-hydrogen) atoms. The van der Waals surface area contributed by atoms with E-state index in [0.29, 0.717) is 24.1 Å². The first-order valence-corrected chi connectivity index (χ1v) is 5.88. The van der Waals surface area contributed by atoms with Crippen LogP contribution >= 0.6 is 0 Å². The highest BCUT2D eigenvalue weighted by Crippen LogP contribution is 2.29. The number of allylic oxidation sites excluding steroid dienone is 1. The Morgan fingerprint density at radius 3 is 2.85 bits per heavy atom. The minimum absolute atomic E-state index is 0.125. The highest BCUT2D eigenvalue weighted by Gasteiger charge is 2.17. The van der Waals surface area contributed by atoms with Crippen molar-refractivity contribution in [2.75, 3.05) is 12.8 Å². The largest absolute Gasteiger partial charge is 0.494 e. The lowest BCUT2D eigenvalue weighted by atomic mass is 10.1. The highest BCUT2D eigenvalue weighted by molar-refractivity contribution is 5.91. The number of nitrogens with two attached hydrogens (primary N) is 1. The van der Waals surface area contributed by atoms with Crippen LogP contribution in [0.5, 0.6) is 5.75 Å². The fraction of sp³-hybridized carbons (Fsp3) is 0.143. The van der Waals surface area contributed by atoms with Crippen molar-refractivity contribution in [3.8, 4) is 17.0 Å². The molecule has 0 aliphatic carbocycles. The van der Waals surface area contributed by atoms with Gasteiger partial charge in [0.2, 0.25) is 0 Å². The number of ether oxygens (including phenoxy) is 1. The van der Waals surface area contributed by atoms with Gasteiger partial charge in [-0.2, -0.15) is 5.10 Å². The number of rotatable bonds is 5. The third-order valence-corrected chi connectivity index (χ3v) is 2.87. The quantitative estimate of drug-likeness (QED) is 0.671. The SMILES string of the molecule is C=CCn1nc(-c2ccc(OC)c(F)c2)c(C=O)c1N. The highest BCUT2D eigenvalue weighted by atomic mass is 19.1. The fourth-order valence-electron chi connectivity index (χ4n) is 1.89. The van der Waals surface area contributed by atoms with Crippen molar-refractivity contribution in [3.63, 3.8) is 0 Å². The molecule has 2 aromatic rings. The van der Waals surface area contributed by atoms with Crippen LogP contribution in [0.15, 0.2) is 30.9 Å². The summed E-state index contributed by atoms with van der Waals surface area (Å²) in [5.74, 6) is -0.176. The molecule has 0 aliphatic heterocycles. The summed E-state index contributed by atoms with van der Waals surface area (Å²) in [4.78, 5) is 11.2. The number of carbonyl (C=O) groups excluding carboxylic acids is 1. The van der Waals surface area contributed by atoms with Gasteiger partial charge in [-0.3, -0.25) is 4.79 Å². The van der Waals surface area contributed by atoms with Crippen LogP contribution in [0.3, 0.4) is 0 Å². The van der Waals surface area contributed by atoms with Gasteiger partial charge in [0.1, 0.15) is 11.5 Å². The van der Waals surface area contributed by atoms with Crippen LogP contribution in [0.4, 0.5) is 10.2 Å². The standard InChI is InChI=1S/C14H14FN3O2/c1-3-6-18-14(16)10(8-19)13(17-18)9-4-5-12(20-2)11(15)7-9/h3-5,7-8H,1,6,16H2,2H3. The topological polar surface area (TPSA) is 70.1 Å². The van der Waals surface area contributed by atoms with Gasteiger partial charge < -0.3 is 10.5 Å². The van der Waals surface area contributed by atoms with Crippen molar-refractivity contribution in [2.45, 2.75) is 6.54 Å². The number of benzene rings is 1. The summed E-state index contributed by atoms with van der Waals surface area (Å²) in [7, 11) is 1.38. The molecule has 0 atom stereocenters. The van der Waals surface area contributed by atoms with E-state index in [0.717, 1.165) is 0 Å². The predicted molar refractivity (Wildman–Crippen MR) is 74.2 cm³/mol. The number of nitrogens with zero attached hydrogens (tertiary/aromatic N) is 2. The van der Waals surface area contributed by atoms with Gasteiger partial charge in [-0.25, -0.2) is 9.07 Å².